The van der Waals surface area contributed by atoms with Gasteiger partial charge in [-0.25, -0.2) is 8.60 Å². The first-order chi connectivity index (χ1) is 16.0. The maximum atomic E-state index is 14.7. The topological polar surface area (TPSA) is 75.2 Å². The van der Waals surface area contributed by atoms with Gasteiger partial charge in [-0.1, -0.05) is 11.6 Å². The van der Waals surface area contributed by atoms with Gasteiger partial charge in [0.05, 0.1) is 27.5 Å². The molecule has 4 aromatic rings. The lowest BCUT2D eigenvalue weighted by Gasteiger charge is -2.16. The van der Waals surface area contributed by atoms with Gasteiger partial charge in [-0.15, -0.1) is 0 Å². The van der Waals surface area contributed by atoms with Crippen molar-refractivity contribution in [3.05, 3.63) is 83.4 Å². The number of fused-ring (bicyclic) bond motifs is 1. The van der Waals surface area contributed by atoms with E-state index in [0.29, 0.717) is 40.0 Å². The van der Waals surface area contributed by atoms with Gasteiger partial charge in [0.25, 0.3) is 5.91 Å². The Morgan fingerprint density at radius 3 is 2.76 bits per heavy atom. The highest BCUT2D eigenvalue weighted by Crippen LogP contribution is 2.33. The molecule has 1 amide bonds. The minimum Gasteiger partial charge on any atom is -0.322 e. The predicted molar refractivity (Wildman–Crippen MR) is 129 cm³/mol. The molecule has 0 spiro atoms. The number of rotatable bonds is 4. The van der Waals surface area contributed by atoms with Crippen LogP contribution in [0.5, 0.6) is 0 Å². The highest BCUT2D eigenvalue weighted by Gasteiger charge is 2.22. The van der Waals surface area contributed by atoms with Crippen LogP contribution in [0.1, 0.15) is 16.8 Å². The minimum absolute atomic E-state index is 0.104. The lowest BCUT2D eigenvalue weighted by atomic mass is 10.1. The molecular weight excluding hydrogens is 463 g/mol. The molecule has 1 atom stereocenters. The lowest BCUT2D eigenvalue weighted by Crippen LogP contribution is -2.20. The molecule has 1 N–H and O–H groups in total. The van der Waals surface area contributed by atoms with Gasteiger partial charge in [0.2, 0.25) is 0 Å². The van der Waals surface area contributed by atoms with E-state index in [4.69, 9.17) is 11.6 Å². The maximum Gasteiger partial charge on any atom is 0.258 e. The molecule has 3 heterocycles. The molecule has 33 heavy (non-hydrogen) atoms. The first kappa shape index (κ1) is 21.5. The first-order valence-electron chi connectivity index (χ1n) is 10.3. The Hall–Kier alpha value is -3.36. The Labute approximate surface area is 197 Å². The normalized spacial score (nSPS) is 15.7. The van der Waals surface area contributed by atoms with Crippen molar-refractivity contribution in [3.63, 3.8) is 0 Å². The van der Waals surface area contributed by atoms with Gasteiger partial charge in [0.15, 0.2) is 0 Å². The van der Waals surface area contributed by atoms with Crippen molar-refractivity contribution in [2.45, 2.75) is 6.42 Å². The van der Waals surface area contributed by atoms with E-state index in [-0.39, 0.29) is 5.56 Å². The molecule has 0 aliphatic carbocycles. The van der Waals surface area contributed by atoms with Crippen LogP contribution in [-0.4, -0.2) is 32.4 Å². The third kappa shape index (κ3) is 4.19. The highest BCUT2D eigenvalue weighted by molar-refractivity contribution is 7.86. The number of nitrogens with one attached hydrogen (secondary N) is 1. The number of halogens is 2. The van der Waals surface area contributed by atoms with Gasteiger partial charge in [-0.3, -0.25) is 19.1 Å². The number of carbonyl (C=O) groups excluding carboxylic acids is 1. The molecule has 1 aliphatic rings. The first-order valence-corrected chi connectivity index (χ1v) is 11.9. The van der Waals surface area contributed by atoms with Crippen molar-refractivity contribution in [1.82, 2.24) is 9.97 Å². The third-order valence-electron chi connectivity index (χ3n) is 5.42. The maximum absolute atomic E-state index is 14.7. The zero-order valence-corrected chi connectivity index (χ0v) is 18.9. The van der Waals surface area contributed by atoms with Crippen LogP contribution < -0.4 is 9.62 Å². The van der Waals surface area contributed by atoms with Gasteiger partial charge in [0.1, 0.15) is 16.8 Å². The van der Waals surface area contributed by atoms with E-state index in [9.17, 15) is 13.4 Å². The molecule has 1 saturated heterocycles. The summed E-state index contributed by atoms with van der Waals surface area (Å²) in [6.45, 7) is 0.600. The lowest BCUT2D eigenvalue weighted by molar-refractivity contribution is 0.102. The van der Waals surface area contributed by atoms with E-state index in [1.165, 1.54) is 12.1 Å². The summed E-state index contributed by atoms with van der Waals surface area (Å²) in [5.74, 6) is -0.711. The molecule has 9 heteroatoms. The molecule has 6 nitrogen and oxygen atoms in total. The van der Waals surface area contributed by atoms with Crippen LogP contribution in [0.15, 0.2) is 67.0 Å². The Morgan fingerprint density at radius 1 is 1.09 bits per heavy atom. The second kappa shape index (κ2) is 8.88. The number of aromatic nitrogens is 2. The third-order valence-corrected chi connectivity index (χ3v) is 7.27. The molecule has 1 aliphatic heterocycles. The van der Waals surface area contributed by atoms with E-state index in [0.717, 1.165) is 17.3 Å². The fourth-order valence-electron chi connectivity index (χ4n) is 3.83. The molecule has 2 aromatic carbocycles. The fraction of sp³-hybridized carbons (Fsp3) is 0.125. The SMILES string of the molecule is O=C(Nc1ccc(Cl)c(-c2nccc3ncccc23)c1)c1ccc(N2CCCS2=O)cc1F. The monoisotopic (exact) mass is 480 g/mol. The molecule has 1 fully saturated rings. The van der Waals surface area contributed by atoms with Gasteiger partial charge in [-0.2, -0.15) is 0 Å². The average Bonchev–Trinajstić information content (AvgIpc) is 3.25. The van der Waals surface area contributed by atoms with Crippen LogP contribution in [-0.2, 0) is 11.0 Å². The van der Waals surface area contributed by atoms with E-state index < -0.39 is 22.7 Å². The predicted octanol–water partition coefficient (Wildman–Crippen LogP) is 5.22. The summed E-state index contributed by atoms with van der Waals surface area (Å²) in [5, 5.41) is 4.02. The Morgan fingerprint density at radius 2 is 1.97 bits per heavy atom. The number of carbonyl (C=O) groups is 1. The number of pyridine rings is 2. The number of anilines is 2. The standard InChI is InChI=1S/C24H18ClFN4O2S/c25-20-7-4-15(13-19(20)23-18-3-1-9-27-22(18)8-10-28-23)29-24(31)17-6-5-16(14-21(17)26)30-11-2-12-33(30)32/h1,3-10,13-14H,2,11-12H2,(H,29,31). The van der Waals surface area contributed by atoms with Crippen LogP contribution in [0.3, 0.4) is 0 Å². The molecule has 0 bridgehead atoms. The van der Waals surface area contributed by atoms with Crippen molar-refractivity contribution in [3.8, 4) is 11.3 Å². The average molecular weight is 481 g/mol. The second-order valence-electron chi connectivity index (χ2n) is 7.52. The molecule has 166 valence electrons. The van der Waals surface area contributed by atoms with Crippen molar-refractivity contribution < 1.29 is 13.4 Å². The molecular formula is C24H18ClFN4O2S. The zero-order chi connectivity index (χ0) is 22.9. The Balaban J connectivity index is 1.43. The summed E-state index contributed by atoms with van der Waals surface area (Å²) < 4.78 is 28.4. The Bertz CT molecular complexity index is 1410. The van der Waals surface area contributed by atoms with Crippen molar-refractivity contribution in [1.29, 1.82) is 0 Å². The summed E-state index contributed by atoms with van der Waals surface area (Å²) in [6, 6.07) is 14.8. The van der Waals surface area contributed by atoms with Crippen LogP contribution >= 0.6 is 11.6 Å². The van der Waals surface area contributed by atoms with Crippen molar-refractivity contribution in [2.75, 3.05) is 21.9 Å². The smallest absolute Gasteiger partial charge is 0.258 e. The second-order valence-corrected chi connectivity index (χ2v) is 9.42. The molecule has 1 unspecified atom stereocenters. The van der Waals surface area contributed by atoms with Gasteiger partial charge in [0, 0.05) is 41.3 Å². The molecule has 0 radical (unpaired) electrons. The van der Waals surface area contributed by atoms with E-state index in [2.05, 4.69) is 15.3 Å². The summed E-state index contributed by atoms with van der Waals surface area (Å²) in [4.78, 5) is 21.6. The summed E-state index contributed by atoms with van der Waals surface area (Å²) >= 11 is 6.44. The minimum atomic E-state index is -1.16. The number of nitrogens with zero attached hydrogens (tertiary/aromatic N) is 3. The number of hydrogen-bond donors (Lipinski definition) is 1. The number of hydrogen-bond acceptors (Lipinski definition) is 4. The molecule has 0 saturated carbocycles. The van der Waals surface area contributed by atoms with E-state index in [1.807, 2.05) is 18.2 Å². The van der Waals surface area contributed by atoms with Crippen molar-refractivity contribution in [2.24, 2.45) is 0 Å². The van der Waals surface area contributed by atoms with Crippen LogP contribution in [0, 0.1) is 5.82 Å². The van der Waals surface area contributed by atoms with Crippen LogP contribution in [0.4, 0.5) is 15.8 Å². The van der Waals surface area contributed by atoms with Gasteiger partial charge >= 0.3 is 0 Å². The fourth-order valence-corrected chi connectivity index (χ4v) is 5.32. The Kier molecular flexibility index (Phi) is 5.78. The van der Waals surface area contributed by atoms with E-state index >= 15 is 0 Å². The molecule has 5 rings (SSSR count). The molecule has 2 aromatic heterocycles. The highest BCUT2D eigenvalue weighted by atomic mass is 35.5. The van der Waals surface area contributed by atoms with E-state index in [1.54, 1.807) is 41.0 Å². The van der Waals surface area contributed by atoms with Gasteiger partial charge < -0.3 is 5.32 Å². The largest absolute Gasteiger partial charge is 0.322 e. The van der Waals surface area contributed by atoms with Crippen LogP contribution in [0.25, 0.3) is 22.2 Å². The van der Waals surface area contributed by atoms with Gasteiger partial charge in [-0.05, 0) is 61.0 Å². The summed E-state index contributed by atoms with van der Waals surface area (Å²) in [7, 11) is -1.16. The van der Waals surface area contributed by atoms with Crippen LogP contribution in [0.2, 0.25) is 5.02 Å². The summed E-state index contributed by atoms with van der Waals surface area (Å²) in [6.07, 6.45) is 4.14. The number of amides is 1. The zero-order valence-electron chi connectivity index (χ0n) is 17.3. The number of benzene rings is 2. The van der Waals surface area contributed by atoms with Crippen molar-refractivity contribution >= 4 is 50.8 Å². The summed E-state index contributed by atoms with van der Waals surface area (Å²) in [5.41, 5.74) is 2.88. The quantitative estimate of drug-likeness (QED) is 0.435.